The summed E-state index contributed by atoms with van der Waals surface area (Å²) in [5.74, 6) is -10.7. The van der Waals surface area contributed by atoms with E-state index in [1.807, 2.05) is 0 Å². The molecule has 31 nitrogen and oxygen atoms in total. The van der Waals surface area contributed by atoms with Crippen LogP contribution in [0.25, 0.3) is 0 Å². The van der Waals surface area contributed by atoms with Gasteiger partial charge >= 0.3 is 11.9 Å². The SMILES string of the molecule is CC(C)C[C@H](NC(=O)[C@H](CCCCN)NC(=O)[C@H](CCCN=C(N)N)NC(=O)[C@H](CCCCN)NC(=O)[C@H](C)NC(=O)[C@H](CCCN=C(N)N)NC(=O)[C@@H](N)CCCCN)C(=O)N[C@@H](CC(=O)O)C(=O)N[C@@H](Cc1ccc(O)cc1)C(=O)O. The van der Waals surface area contributed by atoms with E-state index in [1.165, 1.54) is 31.2 Å². The van der Waals surface area contributed by atoms with Crippen molar-refractivity contribution in [3.05, 3.63) is 29.8 Å². The monoisotopic (exact) mass is 1180 g/mol. The Kier molecular flexibility index (Phi) is 35.5. The van der Waals surface area contributed by atoms with Gasteiger partial charge < -0.3 is 104 Å². The molecule has 0 unspecified atom stereocenters. The molecule has 0 heterocycles. The van der Waals surface area contributed by atoms with E-state index < -0.39 is 120 Å². The molecule has 0 aliphatic rings. The summed E-state index contributed by atoms with van der Waals surface area (Å²) < 4.78 is 0. The van der Waals surface area contributed by atoms with E-state index in [-0.39, 0.29) is 108 Å². The first-order valence-corrected chi connectivity index (χ1v) is 27.8. The highest BCUT2D eigenvalue weighted by Crippen LogP contribution is 2.14. The normalized spacial score (nSPS) is 14.3. The van der Waals surface area contributed by atoms with Crippen LogP contribution in [0, 0.1) is 5.92 Å². The van der Waals surface area contributed by atoms with Crippen molar-refractivity contribution in [3.63, 3.8) is 0 Å². The van der Waals surface area contributed by atoms with Crippen LogP contribution in [0.4, 0.5) is 0 Å². The molecule has 27 N–H and O–H groups in total. The van der Waals surface area contributed by atoms with E-state index in [0.29, 0.717) is 50.6 Å². The number of guanidine groups is 2. The number of phenolic OH excluding ortho intramolecular Hbond substituents is 1. The van der Waals surface area contributed by atoms with Crippen molar-refractivity contribution in [3.8, 4) is 5.75 Å². The zero-order chi connectivity index (χ0) is 62.6. The highest BCUT2D eigenvalue weighted by molar-refractivity contribution is 5.98. The fraction of sp³-hybridized carbons (Fsp3) is 0.654. The molecule has 0 spiro atoms. The number of aliphatic imine (C=N–C) groups is 2. The summed E-state index contributed by atoms with van der Waals surface area (Å²) >= 11 is 0. The second kappa shape index (κ2) is 40.3. The molecule has 0 aliphatic heterocycles. The Morgan fingerprint density at radius 2 is 0.819 bits per heavy atom. The summed E-state index contributed by atoms with van der Waals surface area (Å²) in [5, 5.41) is 49.6. The Hall–Kier alpha value is -7.90. The van der Waals surface area contributed by atoms with Gasteiger partial charge in [-0.2, -0.15) is 0 Å². The van der Waals surface area contributed by atoms with Gasteiger partial charge in [0.25, 0.3) is 0 Å². The van der Waals surface area contributed by atoms with Crippen molar-refractivity contribution in [1.82, 2.24) is 42.5 Å². The van der Waals surface area contributed by atoms with Crippen molar-refractivity contribution in [2.24, 2.45) is 61.8 Å². The highest BCUT2D eigenvalue weighted by Gasteiger charge is 2.35. The van der Waals surface area contributed by atoms with Gasteiger partial charge in [-0.1, -0.05) is 32.4 Å². The van der Waals surface area contributed by atoms with Gasteiger partial charge in [-0.25, -0.2) is 4.79 Å². The Balaban J connectivity index is 3.52. The van der Waals surface area contributed by atoms with E-state index in [0.717, 1.165) is 0 Å². The third kappa shape index (κ3) is 31.2. The van der Waals surface area contributed by atoms with Crippen molar-refractivity contribution in [2.45, 2.75) is 178 Å². The van der Waals surface area contributed by atoms with Gasteiger partial charge in [0.2, 0.25) is 47.3 Å². The Bertz CT molecular complexity index is 2300. The number of nitrogens with one attached hydrogen (secondary N) is 8. The van der Waals surface area contributed by atoms with Gasteiger partial charge in [-0.05, 0) is 134 Å². The number of carbonyl (C=O) groups is 10. The summed E-state index contributed by atoms with van der Waals surface area (Å²) in [6.45, 7) is 5.77. The molecule has 1 aromatic rings. The zero-order valence-corrected chi connectivity index (χ0v) is 47.9. The molecule has 0 bridgehead atoms. The minimum absolute atomic E-state index is 0.00844. The molecule has 9 atom stereocenters. The Morgan fingerprint density at radius 3 is 1.24 bits per heavy atom. The number of hydrogen-bond donors (Lipinski definition) is 19. The summed E-state index contributed by atoms with van der Waals surface area (Å²) in [6.07, 6.45) is 1.91. The number of carboxylic acid groups (broad SMARTS) is 2. The predicted molar refractivity (Wildman–Crippen MR) is 309 cm³/mol. The number of aromatic hydroxyl groups is 1. The minimum atomic E-state index is -1.82. The summed E-state index contributed by atoms with van der Waals surface area (Å²) in [4.78, 5) is 143. The van der Waals surface area contributed by atoms with Gasteiger partial charge in [-0.3, -0.25) is 53.1 Å². The van der Waals surface area contributed by atoms with Crippen LogP contribution in [0.2, 0.25) is 0 Å². The van der Waals surface area contributed by atoms with Gasteiger partial charge in [-0.15, -0.1) is 0 Å². The first-order chi connectivity index (χ1) is 39.2. The Morgan fingerprint density at radius 1 is 0.458 bits per heavy atom. The van der Waals surface area contributed by atoms with E-state index in [1.54, 1.807) is 13.8 Å². The zero-order valence-electron chi connectivity index (χ0n) is 47.9. The molecule has 8 amide bonds. The van der Waals surface area contributed by atoms with Crippen LogP contribution in [-0.4, -0.2) is 174 Å². The van der Waals surface area contributed by atoms with Crippen LogP contribution < -0.4 is 88.4 Å². The summed E-state index contributed by atoms with van der Waals surface area (Å²) in [5.41, 5.74) is 45.5. The molecular weight excluding hydrogens is 1080 g/mol. The van der Waals surface area contributed by atoms with Crippen LogP contribution in [0.15, 0.2) is 34.3 Å². The maximum Gasteiger partial charge on any atom is 0.326 e. The third-order valence-corrected chi connectivity index (χ3v) is 12.7. The number of benzene rings is 1. The molecule has 0 aromatic heterocycles. The molecule has 0 radical (unpaired) electrons. The molecule has 0 fully saturated rings. The number of unbranched alkanes of at least 4 members (excludes halogenated alkanes) is 3. The smallest absolute Gasteiger partial charge is 0.326 e. The van der Waals surface area contributed by atoms with E-state index in [9.17, 15) is 63.3 Å². The number of carbonyl (C=O) groups excluding carboxylic acids is 8. The van der Waals surface area contributed by atoms with Crippen LogP contribution in [-0.2, 0) is 54.4 Å². The van der Waals surface area contributed by atoms with Crippen molar-refractivity contribution >= 4 is 71.1 Å². The molecular formula is C52H92N18O13. The molecule has 1 rings (SSSR count). The maximum atomic E-state index is 14.4. The average molecular weight is 1180 g/mol. The lowest BCUT2D eigenvalue weighted by Gasteiger charge is -2.28. The Labute approximate surface area is 483 Å². The average Bonchev–Trinajstić information content (AvgIpc) is 3.41. The van der Waals surface area contributed by atoms with Crippen LogP contribution in [0.1, 0.15) is 123 Å². The second-order valence-electron chi connectivity index (χ2n) is 20.5. The number of aliphatic carboxylic acids is 2. The number of hydrogen-bond acceptors (Lipinski definition) is 17. The topological polar surface area (TPSA) is 561 Å². The van der Waals surface area contributed by atoms with Crippen molar-refractivity contribution < 1.29 is 63.3 Å². The summed E-state index contributed by atoms with van der Waals surface area (Å²) in [7, 11) is 0. The lowest BCUT2D eigenvalue weighted by atomic mass is 10.0. The number of phenols is 1. The number of nitrogens with zero attached hydrogens (tertiary/aromatic N) is 2. The summed E-state index contributed by atoms with van der Waals surface area (Å²) in [6, 6.07) is -6.91. The number of nitrogens with two attached hydrogens (primary N) is 8. The van der Waals surface area contributed by atoms with E-state index in [4.69, 9.17) is 45.9 Å². The fourth-order valence-electron chi connectivity index (χ4n) is 8.18. The van der Waals surface area contributed by atoms with E-state index >= 15 is 0 Å². The van der Waals surface area contributed by atoms with Gasteiger partial charge in [0, 0.05) is 19.5 Å². The molecule has 83 heavy (non-hydrogen) atoms. The van der Waals surface area contributed by atoms with Crippen LogP contribution in [0.5, 0.6) is 5.75 Å². The molecule has 31 heteroatoms. The predicted octanol–water partition coefficient (Wildman–Crippen LogP) is -4.74. The highest BCUT2D eigenvalue weighted by atomic mass is 16.4. The first-order valence-electron chi connectivity index (χ1n) is 27.8. The van der Waals surface area contributed by atoms with Crippen molar-refractivity contribution in [1.29, 1.82) is 0 Å². The third-order valence-electron chi connectivity index (χ3n) is 12.7. The van der Waals surface area contributed by atoms with Crippen LogP contribution in [0.3, 0.4) is 0 Å². The second-order valence-corrected chi connectivity index (χ2v) is 20.5. The maximum absolute atomic E-state index is 14.4. The lowest BCUT2D eigenvalue weighted by Crippen LogP contribution is -2.60. The molecule has 0 saturated carbocycles. The quantitative estimate of drug-likeness (QED) is 0.0166. The molecule has 0 saturated heterocycles. The first kappa shape index (κ1) is 73.1. The largest absolute Gasteiger partial charge is 0.508 e. The molecule has 468 valence electrons. The fourth-order valence-corrected chi connectivity index (χ4v) is 8.18. The lowest BCUT2D eigenvalue weighted by molar-refractivity contribution is -0.143. The van der Waals surface area contributed by atoms with Gasteiger partial charge in [0.15, 0.2) is 11.9 Å². The number of rotatable bonds is 43. The van der Waals surface area contributed by atoms with Crippen molar-refractivity contribution in [2.75, 3.05) is 32.7 Å². The number of carboxylic acids is 2. The van der Waals surface area contributed by atoms with Gasteiger partial charge in [0.05, 0.1) is 12.5 Å². The molecule has 0 aliphatic carbocycles. The number of amides is 8. The van der Waals surface area contributed by atoms with Crippen LogP contribution >= 0.6 is 0 Å². The van der Waals surface area contributed by atoms with Gasteiger partial charge in [0.1, 0.15) is 54.1 Å². The molecule has 1 aromatic carbocycles. The standard InChI is InChI=1S/C52H92N18O13/c1-29(2)26-38(48(80)69-39(28-41(72)73)49(81)70-40(50(82)83)27-31-17-19-32(71)20-18-31)68-47(79)35(14-6-9-23-55)66-46(78)37(16-11-25-62-52(59)60)67-45(77)34(13-5-8-22-54)64-42(74)30(3)63-44(76)36(15-10-24-61-51(57)58)65-43(75)33(56)12-4-7-21-53/h17-20,29-30,33-40,71H,4-16,21-28,53-56H2,1-3H3,(H,63,76)(H,64,74)(H,65,75)(H,66,78)(H,67,77)(H,68,79)(H,69,80)(H,70,81)(H,72,73)(H,82,83)(H4,57,58,61)(H4,59,60,62)/t30-,33-,34-,35-,36-,37-,38-,39-,40-/m0/s1. The van der Waals surface area contributed by atoms with E-state index in [2.05, 4.69) is 52.5 Å². The minimum Gasteiger partial charge on any atom is -0.508 e.